The van der Waals surface area contributed by atoms with Gasteiger partial charge in [0.15, 0.2) is 0 Å². The van der Waals surface area contributed by atoms with Gasteiger partial charge in [-0.05, 0) is 51.0 Å². The average Bonchev–Trinajstić information content (AvgIpc) is 3.26. The first-order valence-corrected chi connectivity index (χ1v) is 8.81. The van der Waals surface area contributed by atoms with E-state index in [2.05, 4.69) is 20.6 Å². The Kier molecular flexibility index (Phi) is 3.84. The number of aromatic nitrogens is 4. The molecular weight excluding hydrogens is 341 g/mol. The molecule has 1 aromatic carbocycles. The maximum atomic E-state index is 13.1. The lowest BCUT2D eigenvalue weighted by Gasteiger charge is -2.05. The zero-order chi connectivity index (χ0) is 17.6. The minimum absolute atomic E-state index is 0.262. The normalized spacial score (nSPS) is 13.9. The number of anilines is 1. The summed E-state index contributed by atoms with van der Waals surface area (Å²) in [7, 11) is 0. The van der Waals surface area contributed by atoms with Crippen LogP contribution in [0.3, 0.4) is 0 Å². The van der Waals surface area contributed by atoms with E-state index < -0.39 is 0 Å². The topological polar surface area (TPSA) is 72.7 Å². The van der Waals surface area contributed by atoms with Crippen LogP contribution in [-0.4, -0.2) is 25.9 Å². The lowest BCUT2D eigenvalue weighted by atomic mass is 10.2. The largest absolute Gasteiger partial charge is 0.296 e. The second-order valence-electron chi connectivity index (χ2n) is 6.11. The summed E-state index contributed by atoms with van der Waals surface area (Å²) in [6.45, 7) is 3.59. The maximum absolute atomic E-state index is 13.1. The third-order valence-electron chi connectivity index (χ3n) is 4.18. The number of hydrogen-bond donors (Lipinski definition) is 1. The average molecular weight is 357 g/mol. The molecule has 2 heterocycles. The van der Waals surface area contributed by atoms with E-state index in [4.69, 9.17) is 0 Å². The van der Waals surface area contributed by atoms with Gasteiger partial charge in [-0.15, -0.1) is 10.2 Å². The van der Waals surface area contributed by atoms with E-state index in [1.54, 1.807) is 23.7 Å². The highest BCUT2D eigenvalue weighted by atomic mass is 32.1. The maximum Gasteiger partial charge on any atom is 0.261 e. The molecule has 1 fully saturated rings. The van der Waals surface area contributed by atoms with Crippen molar-refractivity contribution >= 4 is 22.4 Å². The van der Waals surface area contributed by atoms with Crippen LogP contribution in [0.15, 0.2) is 24.3 Å². The Balaban J connectivity index is 1.60. The number of nitrogens with one attached hydrogen (secondary N) is 1. The SMILES string of the molecule is Cc1nn(-c2ccc(F)cc2)c(C)c1C(=O)Nc1nnc(C2CC2)s1. The molecule has 1 N–H and O–H groups in total. The predicted octanol–water partition coefficient (Wildman–Crippen LogP) is 3.61. The molecule has 8 heteroatoms. The number of amides is 1. The Morgan fingerprint density at radius 2 is 1.96 bits per heavy atom. The molecule has 0 saturated heterocycles. The number of nitrogens with zero attached hydrogens (tertiary/aromatic N) is 4. The van der Waals surface area contributed by atoms with E-state index in [-0.39, 0.29) is 11.7 Å². The van der Waals surface area contributed by atoms with Crippen LogP contribution in [0.1, 0.15) is 45.5 Å². The monoisotopic (exact) mass is 357 g/mol. The summed E-state index contributed by atoms with van der Waals surface area (Å²) in [6, 6.07) is 5.99. The summed E-state index contributed by atoms with van der Waals surface area (Å²) in [6.07, 6.45) is 2.29. The van der Waals surface area contributed by atoms with Gasteiger partial charge in [-0.3, -0.25) is 10.1 Å². The molecule has 1 aliphatic rings. The predicted molar refractivity (Wildman–Crippen MR) is 92.8 cm³/mol. The third-order valence-corrected chi connectivity index (χ3v) is 5.18. The number of carbonyl (C=O) groups is 1. The Morgan fingerprint density at radius 1 is 1.24 bits per heavy atom. The molecule has 0 radical (unpaired) electrons. The van der Waals surface area contributed by atoms with E-state index in [1.807, 2.05) is 6.92 Å². The molecule has 4 rings (SSSR count). The summed E-state index contributed by atoms with van der Waals surface area (Å²) in [5.74, 6) is -0.0688. The number of carbonyl (C=O) groups excluding carboxylic acids is 1. The van der Waals surface area contributed by atoms with Crippen LogP contribution >= 0.6 is 11.3 Å². The van der Waals surface area contributed by atoms with Crippen molar-refractivity contribution < 1.29 is 9.18 Å². The molecule has 1 saturated carbocycles. The van der Waals surface area contributed by atoms with Gasteiger partial charge in [0.25, 0.3) is 5.91 Å². The van der Waals surface area contributed by atoms with Crippen molar-refractivity contribution in [2.24, 2.45) is 0 Å². The van der Waals surface area contributed by atoms with E-state index in [1.165, 1.54) is 23.5 Å². The fourth-order valence-corrected chi connectivity index (χ4v) is 3.65. The molecule has 0 spiro atoms. The van der Waals surface area contributed by atoms with Gasteiger partial charge in [0.05, 0.1) is 22.6 Å². The van der Waals surface area contributed by atoms with Crippen LogP contribution in [0.2, 0.25) is 0 Å². The highest BCUT2D eigenvalue weighted by molar-refractivity contribution is 7.15. The Labute approximate surface area is 147 Å². The van der Waals surface area contributed by atoms with Gasteiger partial charge in [-0.1, -0.05) is 11.3 Å². The number of halogens is 1. The summed E-state index contributed by atoms with van der Waals surface area (Å²) < 4.78 is 14.8. The minimum atomic E-state index is -0.314. The van der Waals surface area contributed by atoms with Crippen molar-refractivity contribution in [2.45, 2.75) is 32.6 Å². The van der Waals surface area contributed by atoms with Crippen LogP contribution < -0.4 is 5.32 Å². The molecular formula is C17H16FN5OS. The quantitative estimate of drug-likeness (QED) is 0.774. The Bertz CT molecular complexity index is 943. The first kappa shape index (κ1) is 15.9. The molecule has 6 nitrogen and oxygen atoms in total. The zero-order valence-electron chi connectivity index (χ0n) is 13.8. The van der Waals surface area contributed by atoms with Crippen LogP contribution in [-0.2, 0) is 0 Å². The summed E-state index contributed by atoms with van der Waals surface area (Å²) in [5, 5.41) is 16.9. The van der Waals surface area contributed by atoms with Crippen LogP contribution in [0.25, 0.3) is 5.69 Å². The second kappa shape index (κ2) is 6.03. The van der Waals surface area contributed by atoms with Gasteiger partial charge in [-0.2, -0.15) is 5.10 Å². The van der Waals surface area contributed by atoms with Crippen molar-refractivity contribution in [1.29, 1.82) is 0 Å². The van der Waals surface area contributed by atoms with Crippen molar-refractivity contribution in [3.63, 3.8) is 0 Å². The van der Waals surface area contributed by atoms with Crippen molar-refractivity contribution in [3.8, 4) is 5.69 Å². The second-order valence-corrected chi connectivity index (χ2v) is 7.12. The molecule has 0 unspecified atom stereocenters. The van der Waals surface area contributed by atoms with E-state index in [0.717, 1.165) is 17.8 Å². The summed E-state index contributed by atoms with van der Waals surface area (Å²) in [4.78, 5) is 12.7. The van der Waals surface area contributed by atoms with Crippen LogP contribution in [0.5, 0.6) is 0 Å². The first-order chi connectivity index (χ1) is 12.0. The summed E-state index contributed by atoms with van der Waals surface area (Å²) >= 11 is 1.42. The number of rotatable bonds is 4. The highest BCUT2D eigenvalue weighted by Gasteiger charge is 2.28. The van der Waals surface area contributed by atoms with Gasteiger partial charge < -0.3 is 0 Å². The molecule has 1 aliphatic carbocycles. The molecule has 0 bridgehead atoms. The van der Waals surface area contributed by atoms with Gasteiger partial charge in [0.1, 0.15) is 10.8 Å². The fraction of sp³-hybridized carbons (Fsp3) is 0.294. The van der Waals surface area contributed by atoms with Gasteiger partial charge in [0, 0.05) is 5.92 Å². The minimum Gasteiger partial charge on any atom is -0.296 e. The lowest BCUT2D eigenvalue weighted by molar-refractivity contribution is 0.102. The van der Waals surface area contributed by atoms with Crippen LogP contribution in [0, 0.1) is 19.7 Å². The molecule has 2 aromatic heterocycles. The molecule has 1 amide bonds. The van der Waals surface area contributed by atoms with E-state index in [9.17, 15) is 9.18 Å². The highest BCUT2D eigenvalue weighted by Crippen LogP contribution is 2.42. The molecule has 0 aliphatic heterocycles. The van der Waals surface area contributed by atoms with Crippen molar-refractivity contribution in [1.82, 2.24) is 20.0 Å². The molecule has 25 heavy (non-hydrogen) atoms. The Hall–Kier alpha value is -2.61. The van der Waals surface area contributed by atoms with Gasteiger partial charge >= 0.3 is 0 Å². The van der Waals surface area contributed by atoms with E-state index >= 15 is 0 Å². The van der Waals surface area contributed by atoms with Gasteiger partial charge in [0.2, 0.25) is 5.13 Å². The zero-order valence-corrected chi connectivity index (χ0v) is 14.6. The smallest absolute Gasteiger partial charge is 0.261 e. The summed E-state index contributed by atoms with van der Waals surface area (Å²) in [5.41, 5.74) is 2.49. The number of aryl methyl sites for hydroxylation is 1. The van der Waals surface area contributed by atoms with Crippen molar-refractivity contribution in [3.05, 3.63) is 52.0 Å². The standard InChI is InChI=1S/C17H16FN5OS/c1-9-14(10(2)23(22-9)13-7-5-12(18)6-8-13)15(24)19-17-21-20-16(25-17)11-3-4-11/h5-8,11H,3-4H2,1-2H3,(H,19,21,24). The fourth-order valence-electron chi connectivity index (χ4n) is 2.74. The number of benzene rings is 1. The molecule has 0 atom stereocenters. The first-order valence-electron chi connectivity index (χ1n) is 8.00. The number of hydrogen-bond acceptors (Lipinski definition) is 5. The molecule has 128 valence electrons. The Morgan fingerprint density at radius 3 is 2.64 bits per heavy atom. The van der Waals surface area contributed by atoms with Gasteiger partial charge in [-0.25, -0.2) is 9.07 Å². The van der Waals surface area contributed by atoms with E-state index in [0.29, 0.717) is 33.7 Å². The third kappa shape index (κ3) is 3.05. The van der Waals surface area contributed by atoms with Crippen LogP contribution in [0.4, 0.5) is 9.52 Å². The lowest BCUT2D eigenvalue weighted by Crippen LogP contribution is -2.14. The van der Waals surface area contributed by atoms with Crippen molar-refractivity contribution in [2.75, 3.05) is 5.32 Å². The molecule has 3 aromatic rings.